The van der Waals surface area contributed by atoms with Gasteiger partial charge in [0.05, 0.1) is 8.95 Å². The molecule has 2 aromatic rings. The number of aromatic hydroxyl groups is 1. The summed E-state index contributed by atoms with van der Waals surface area (Å²) in [7, 11) is 0. The average Bonchev–Trinajstić information content (AvgIpc) is 2.42. The SMILES string of the molecule is NC(=O)c1cccc(NCc2cc(Br)c(O)c(Br)c2)c1. The van der Waals surface area contributed by atoms with Gasteiger partial charge in [-0.15, -0.1) is 0 Å². The van der Waals surface area contributed by atoms with Crippen LogP contribution < -0.4 is 11.1 Å². The van der Waals surface area contributed by atoms with Gasteiger partial charge in [-0.05, 0) is 67.8 Å². The fraction of sp³-hybridized carbons (Fsp3) is 0.0714. The number of carbonyl (C=O) groups excluding carboxylic acids is 1. The molecule has 4 N–H and O–H groups in total. The molecule has 0 aliphatic carbocycles. The lowest BCUT2D eigenvalue weighted by atomic mass is 10.1. The van der Waals surface area contributed by atoms with Crippen LogP contribution in [0.3, 0.4) is 0 Å². The molecule has 0 heterocycles. The Balaban J connectivity index is 2.13. The molecule has 0 aliphatic rings. The molecule has 0 radical (unpaired) electrons. The molecule has 0 saturated carbocycles. The summed E-state index contributed by atoms with van der Waals surface area (Å²) in [6.07, 6.45) is 0. The fourth-order valence-corrected chi connectivity index (χ4v) is 2.99. The van der Waals surface area contributed by atoms with Crippen LogP contribution >= 0.6 is 31.9 Å². The number of nitrogens with one attached hydrogen (secondary N) is 1. The Bertz CT molecular complexity index is 636. The van der Waals surface area contributed by atoms with Crippen molar-refractivity contribution in [2.45, 2.75) is 6.54 Å². The van der Waals surface area contributed by atoms with Crippen molar-refractivity contribution in [3.8, 4) is 5.75 Å². The first-order valence-corrected chi connectivity index (χ1v) is 7.36. The van der Waals surface area contributed by atoms with Gasteiger partial charge in [-0.25, -0.2) is 0 Å². The molecule has 0 fully saturated rings. The van der Waals surface area contributed by atoms with Crippen LogP contribution in [0.4, 0.5) is 5.69 Å². The predicted octanol–water partition coefficient (Wildman–Crippen LogP) is 3.63. The highest BCUT2D eigenvalue weighted by Crippen LogP contribution is 2.33. The van der Waals surface area contributed by atoms with E-state index in [0.29, 0.717) is 21.1 Å². The molecule has 2 rings (SSSR count). The van der Waals surface area contributed by atoms with Crippen LogP contribution in [0, 0.1) is 0 Å². The number of hydrogen-bond donors (Lipinski definition) is 3. The molecule has 104 valence electrons. The Morgan fingerprint density at radius 2 is 1.85 bits per heavy atom. The third-order valence-electron chi connectivity index (χ3n) is 2.72. The van der Waals surface area contributed by atoms with Crippen LogP contribution in [-0.4, -0.2) is 11.0 Å². The van der Waals surface area contributed by atoms with Crippen LogP contribution in [-0.2, 0) is 6.54 Å². The van der Waals surface area contributed by atoms with Gasteiger partial charge < -0.3 is 16.2 Å². The molecule has 0 unspecified atom stereocenters. The van der Waals surface area contributed by atoms with E-state index in [0.717, 1.165) is 11.3 Å². The molecule has 0 saturated heterocycles. The summed E-state index contributed by atoms with van der Waals surface area (Å²) in [5.41, 5.74) is 7.49. The topological polar surface area (TPSA) is 75.4 Å². The van der Waals surface area contributed by atoms with Crippen molar-refractivity contribution in [2.24, 2.45) is 5.73 Å². The number of halogens is 2. The van der Waals surface area contributed by atoms with Gasteiger partial charge in [0.15, 0.2) is 0 Å². The van der Waals surface area contributed by atoms with E-state index in [1.807, 2.05) is 18.2 Å². The average molecular weight is 400 g/mol. The molecule has 6 heteroatoms. The first-order chi connectivity index (χ1) is 9.47. The molecule has 0 aromatic heterocycles. The first kappa shape index (κ1) is 14.9. The van der Waals surface area contributed by atoms with Crippen molar-refractivity contribution in [3.05, 3.63) is 56.5 Å². The van der Waals surface area contributed by atoms with Gasteiger partial charge in [-0.3, -0.25) is 4.79 Å². The number of phenols is 1. The summed E-state index contributed by atoms with van der Waals surface area (Å²) in [5.74, 6) is -0.284. The van der Waals surface area contributed by atoms with Crippen molar-refractivity contribution in [1.82, 2.24) is 0 Å². The number of nitrogens with two attached hydrogens (primary N) is 1. The number of amides is 1. The van der Waals surface area contributed by atoms with E-state index in [9.17, 15) is 9.90 Å². The minimum atomic E-state index is -0.455. The lowest BCUT2D eigenvalue weighted by Crippen LogP contribution is -2.11. The van der Waals surface area contributed by atoms with E-state index in [1.165, 1.54) is 0 Å². The van der Waals surface area contributed by atoms with E-state index >= 15 is 0 Å². The first-order valence-electron chi connectivity index (χ1n) is 5.78. The molecule has 2 aromatic carbocycles. The zero-order valence-corrected chi connectivity index (χ0v) is 13.5. The minimum Gasteiger partial charge on any atom is -0.506 e. The molecule has 0 bridgehead atoms. The Morgan fingerprint density at radius 3 is 2.45 bits per heavy atom. The second kappa shape index (κ2) is 6.28. The van der Waals surface area contributed by atoms with Crippen LogP contribution in [0.1, 0.15) is 15.9 Å². The van der Waals surface area contributed by atoms with Gasteiger partial charge in [0.25, 0.3) is 0 Å². The van der Waals surface area contributed by atoms with Gasteiger partial charge in [0.2, 0.25) is 5.91 Å². The summed E-state index contributed by atoms with van der Waals surface area (Å²) >= 11 is 6.57. The van der Waals surface area contributed by atoms with Gasteiger partial charge in [-0.2, -0.15) is 0 Å². The zero-order valence-electron chi connectivity index (χ0n) is 10.4. The molecule has 4 nitrogen and oxygen atoms in total. The van der Waals surface area contributed by atoms with Crippen LogP contribution in [0.2, 0.25) is 0 Å². The Hall–Kier alpha value is -1.53. The monoisotopic (exact) mass is 398 g/mol. The maximum atomic E-state index is 11.1. The van der Waals surface area contributed by atoms with Crippen molar-refractivity contribution < 1.29 is 9.90 Å². The number of hydrogen-bond acceptors (Lipinski definition) is 3. The van der Waals surface area contributed by atoms with Crippen LogP contribution in [0.15, 0.2) is 45.3 Å². The van der Waals surface area contributed by atoms with Crippen molar-refractivity contribution >= 4 is 43.5 Å². The standard InChI is InChI=1S/C14H12Br2N2O2/c15-11-4-8(5-12(16)13(11)19)7-18-10-3-1-2-9(6-10)14(17)20/h1-6,18-19H,7H2,(H2,17,20). The molecule has 0 aliphatic heterocycles. The molecule has 1 amide bonds. The Labute approximate surface area is 133 Å². The quantitative estimate of drug-likeness (QED) is 0.734. The number of carbonyl (C=O) groups is 1. The molecular formula is C14H12Br2N2O2. The highest BCUT2D eigenvalue weighted by atomic mass is 79.9. The normalized spacial score (nSPS) is 10.3. The van der Waals surface area contributed by atoms with Gasteiger partial charge in [-0.1, -0.05) is 6.07 Å². The highest BCUT2D eigenvalue weighted by molar-refractivity contribution is 9.11. The zero-order chi connectivity index (χ0) is 14.7. The van der Waals surface area contributed by atoms with E-state index in [1.54, 1.807) is 18.2 Å². The summed E-state index contributed by atoms with van der Waals surface area (Å²) in [5, 5.41) is 12.8. The summed E-state index contributed by atoms with van der Waals surface area (Å²) in [4.78, 5) is 11.1. The second-order valence-electron chi connectivity index (χ2n) is 4.21. The fourth-order valence-electron chi connectivity index (χ4n) is 1.71. The van der Waals surface area contributed by atoms with E-state index in [2.05, 4.69) is 37.2 Å². The van der Waals surface area contributed by atoms with E-state index < -0.39 is 5.91 Å². The summed E-state index contributed by atoms with van der Waals surface area (Å²) in [6.45, 7) is 0.555. The van der Waals surface area contributed by atoms with Gasteiger partial charge >= 0.3 is 0 Å². The summed E-state index contributed by atoms with van der Waals surface area (Å²) in [6, 6.07) is 10.6. The molecule has 0 spiro atoms. The Kier molecular flexibility index (Phi) is 4.67. The third-order valence-corrected chi connectivity index (χ3v) is 3.93. The predicted molar refractivity (Wildman–Crippen MR) is 85.8 cm³/mol. The largest absolute Gasteiger partial charge is 0.506 e. The lowest BCUT2D eigenvalue weighted by molar-refractivity contribution is 0.100. The van der Waals surface area contributed by atoms with Gasteiger partial charge in [0.1, 0.15) is 5.75 Å². The van der Waals surface area contributed by atoms with Crippen LogP contribution in [0.5, 0.6) is 5.75 Å². The number of benzene rings is 2. The third kappa shape index (κ3) is 3.52. The number of primary amides is 1. The molecule has 20 heavy (non-hydrogen) atoms. The summed E-state index contributed by atoms with van der Waals surface area (Å²) < 4.78 is 1.24. The number of phenolic OH excluding ortho intramolecular Hbond substituents is 1. The molecule has 0 atom stereocenters. The van der Waals surface area contributed by atoms with Crippen molar-refractivity contribution in [3.63, 3.8) is 0 Å². The maximum absolute atomic E-state index is 11.1. The van der Waals surface area contributed by atoms with Crippen molar-refractivity contribution in [2.75, 3.05) is 5.32 Å². The molecular weight excluding hydrogens is 388 g/mol. The van der Waals surface area contributed by atoms with Gasteiger partial charge in [0, 0.05) is 17.8 Å². The number of anilines is 1. The van der Waals surface area contributed by atoms with E-state index in [4.69, 9.17) is 5.73 Å². The lowest BCUT2D eigenvalue weighted by Gasteiger charge is -2.09. The Morgan fingerprint density at radius 1 is 1.20 bits per heavy atom. The smallest absolute Gasteiger partial charge is 0.248 e. The van der Waals surface area contributed by atoms with Crippen molar-refractivity contribution in [1.29, 1.82) is 0 Å². The maximum Gasteiger partial charge on any atom is 0.248 e. The van der Waals surface area contributed by atoms with Crippen LogP contribution in [0.25, 0.3) is 0 Å². The highest BCUT2D eigenvalue weighted by Gasteiger charge is 2.06. The minimum absolute atomic E-state index is 0.171. The second-order valence-corrected chi connectivity index (χ2v) is 5.92. The number of rotatable bonds is 4. The van der Waals surface area contributed by atoms with E-state index in [-0.39, 0.29) is 5.75 Å².